The smallest absolute Gasteiger partial charge is 0.119 e. The number of hydrogen-bond donors (Lipinski definition) is 0. The molecule has 0 aromatic heterocycles. The highest BCUT2D eigenvalue weighted by Gasteiger charge is 2.20. The molecule has 1 unspecified atom stereocenters. The second-order valence-corrected chi connectivity index (χ2v) is 6.71. The van der Waals surface area contributed by atoms with E-state index in [1.165, 1.54) is 25.1 Å². The first kappa shape index (κ1) is 16.1. The van der Waals surface area contributed by atoms with Crippen molar-refractivity contribution in [1.82, 2.24) is 4.90 Å². The Labute approximate surface area is 129 Å². The predicted octanol–water partition coefficient (Wildman–Crippen LogP) is 4.47. The Hall–Kier alpha value is -1.28. The van der Waals surface area contributed by atoms with Crippen LogP contribution in [0.15, 0.2) is 30.8 Å². The van der Waals surface area contributed by atoms with Crippen molar-refractivity contribution in [3.05, 3.63) is 36.4 Å². The summed E-state index contributed by atoms with van der Waals surface area (Å²) in [6.07, 6.45) is 2.48. The molecule has 1 fully saturated rings. The van der Waals surface area contributed by atoms with Gasteiger partial charge in [-0.15, -0.1) is 0 Å². The number of benzene rings is 1. The highest BCUT2D eigenvalue weighted by atomic mass is 16.5. The zero-order valence-electron chi connectivity index (χ0n) is 13.8. The molecule has 1 aliphatic heterocycles. The normalized spacial score (nSPS) is 23.0. The molecular weight excluding hydrogens is 258 g/mol. The number of piperidine rings is 1. The lowest BCUT2D eigenvalue weighted by Crippen LogP contribution is -2.39. The van der Waals surface area contributed by atoms with Crippen molar-refractivity contribution in [2.45, 2.75) is 33.6 Å². The maximum absolute atomic E-state index is 5.83. The quantitative estimate of drug-likeness (QED) is 0.716. The third kappa shape index (κ3) is 5.20. The van der Waals surface area contributed by atoms with Crippen molar-refractivity contribution >= 4 is 5.57 Å². The number of likely N-dealkylation sites (tertiary alicyclic amines) is 1. The molecule has 2 atom stereocenters. The van der Waals surface area contributed by atoms with Crippen LogP contribution >= 0.6 is 0 Å². The second-order valence-electron chi connectivity index (χ2n) is 6.71. The molecule has 0 amide bonds. The molecule has 1 saturated heterocycles. The lowest BCUT2D eigenvalue weighted by atomic mass is 9.92. The van der Waals surface area contributed by atoms with Crippen LogP contribution in [0.1, 0.15) is 39.2 Å². The third-order valence-electron chi connectivity index (χ3n) is 4.18. The standard InChI is InChI=1S/C19H29NO/c1-15(2)18-6-8-19(9-7-18)21-11-5-10-20-13-16(3)12-17(4)14-20/h6-9,16-17H,1,5,10-14H2,2-4H3/t16-,17?/m0/s1. The van der Waals surface area contributed by atoms with Gasteiger partial charge in [0.15, 0.2) is 0 Å². The van der Waals surface area contributed by atoms with E-state index < -0.39 is 0 Å². The van der Waals surface area contributed by atoms with Crippen LogP contribution in [0, 0.1) is 11.8 Å². The van der Waals surface area contributed by atoms with Crippen molar-refractivity contribution in [1.29, 1.82) is 0 Å². The molecule has 0 saturated carbocycles. The molecule has 116 valence electrons. The number of allylic oxidation sites excluding steroid dienone is 1. The van der Waals surface area contributed by atoms with E-state index in [0.717, 1.165) is 42.7 Å². The number of nitrogens with zero attached hydrogens (tertiary/aromatic N) is 1. The lowest BCUT2D eigenvalue weighted by molar-refractivity contribution is 0.132. The molecule has 21 heavy (non-hydrogen) atoms. The largest absolute Gasteiger partial charge is 0.494 e. The molecule has 2 rings (SSSR count). The molecule has 2 heteroatoms. The van der Waals surface area contributed by atoms with Gasteiger partial charge in [0.2, 0.25) is 0 Å². The average molecular weight is 287 g/mol. The van der Waals surface area contributed by atoms with Crippen molar-refractivity contribution in [3.63, 3.8) is 0 Å². The molecule has 1 aromatic carbocycles. The molecule has 1 aliphatic rings. The van der Waals surface area contributed by atoms with Crippen LogP contribution in [0.25, 0.3) is 5.57 Å². The van der Waals surface area contributed by atoms with Crippen LogP contribution in [-0.4, -0.2) is 31.1 Å². The van der Waals surface area contributed by atoms with Crippen LogP contribution in [0.2, 0.25) is 0 Å². The Morgan fingerprint density at radius 1 is 1.19 bits per heavy atom. The zero-order valence-corrected chi connectivity index (χ0v) is 13.8. The Balaban J connectivity index is 1.68. The summed E-state index contributed by atoms with van der Waals surface area (Å²) in [5, 5.41) is 0. The van der Waals surface area contributed by atoms with Gasteiger partial charge in [-0.05, 0) is 49.3 Å². The highest BCUT2D eigenvalue weighted by Crippen LogP contribution is 2.21. The maximum atomic E-state index is 5.83. The summed E-state index contributed by atoms with van der Waals surface area (Å²) in [5.74, 6) is 2.63. The first-order valence-electron chi connectivity index (χ1n) is 8.15. The summed E-state index contributed by atoms with van der Waals surface area (Å²) in [7, 11) is 0. The summed E-state index contributed by atoms with van der Waals surface area (Å²) in [4.78, 5) is 2.59. The molecule has 0 N–H and O–H groups in total. The first-order chi connectivity index (χ1) is 10.0. The number of ether oxygens (including phenoxy) is 1. The average Bonchev–Trinajstić information content (AvgIpc) is 2.43. The minimum absolute atomic E-state index is 0.797. The van der Waals surface area contributed by atoms with Gasteiger partial charge in [-0.3, -0.25) is 0 Å². The van der Waals surface area contributed by atoms with Gasteiger partial charge < -0.3 is 9.64 Å². The fraction of sp³-hybridized carbons (Fsp3) is 0.579. The number of rotatable bonds is 6. The summed E-state index contributed by atoms with van der Waals surface area (Å²) in [5.41, 5.74) is 2.27. The summed E-state index contributed by atoms with van der Waals surface area (Å²) in [6.45, 7) is 15.1. The molecule has 0 bridgehead atoms. The van der Waals surface area contributed by atoms with E-state index >= 15 is 0 Å². The van der Waals surface area contributed by atoms with Gasteiger partial charge in [0.05, 0.1) is 6.61 Å². The van der Waals surface area contributed by atoms with Gasteiger partial charge in [0, 0.05) is 19.6 Å². The van der Waals surface area contributed by atoms with E-state index in [0.29, 0.717) is 0 Å². The van der Waals surface area contributed by atoms with Gasteiger partial charge in [0.1, 0.15) is 5.75 Å². The Kier molecular flexibility index (Phi) is 5.86. The maximum Gasteiger partial charge on any atom is 0.119 e. The molecule has 0 spiro atoms. The second kappa shape index (κ2) is 7.65. The Morgan fingerprint density at radius 3 is 2.38 bits per heavy atom. The van der Waals surface area contributed by atoms with E-state index in [4.69, 9.17) is 4.74 Å². The summed E-state index contributed by atoms with van der Waals surface area (Å²) >= 11 is 0. The van der Waals surface area contributed by atoms with Crippen molar-refractivity contribution in [3.8, 4) is 5.75 Å². The van der Waals surface area contributed by atoms with E-state index in [2.05, 4.69) is 37.5 Å². The third-order valence-corrected chi connectivity index (χ3v) is 4.18. The Morgan fingerprint density at radius 2 is 1.81 bits per heavy atom. The summed E-state index contributed by atoms with van der Waals surface area (Å²) < 4.78 is 5.83. The van der Waals surface area contributed by atoms with E-state index in [-0.39, 0.29) is 0 Å². The lowest BCUT2D eigenvalue weighted by Gasteiger charge is -2.34. The Bertz CT molecular complexity index is 441. The SMILES string of the molecule is C=C(C)c1ccc(OCCCN2CC(C)C[C@H](C)C2)cc1. The molecule has 0 aliphatic carbocycles. The first-order valence-corrected chi connectivity index (χ1v) is 8.15. The minimum atomic E-state index is 0.797. The molecular formula is C19H29NO. The fourth-order valence-corrected chi connectivity index (χ4v) is 3.29. The monoisotopic (exact) mass is 287 g/mol. The van der Waals surface area contributed by atoms with Gasteiger partial charge in [-0.25, -0.2) is 0 Å². The van der Waals surface area contributed by atoms with Gasteiger partial charge in [-0.1, -0.05) is 38.1 Å². The van der Waals surface area contributed by atoms with Crippen LogP contribution in [0.5, 0.6) is 5.75 Å². The van der Waals surface area contributed by atoms with Crippen LogP contribution < -0.4 is 4.74 Å². The molecule has 2 nitrogen and oxygen atoms in total. The summed E-state index contributed by atoms with van der Waals surface area (Å²) in [6, 6.07) is 8.22. The predicted molar refractivity (Wildman–Crippen MR) is 90.6 cm³/mol. The van der Waals surface area contributed by atoms with Crippen molar-refractivity contribution < 1.29 is 4.74 Å². The van der Waals surface area contributed by atoms with E-state index in [1.807, 2.05) is 19.1 Å². The molecule has 1 aromatic rings. The van der Waals surface area contributed by atoms with E-state index in [1.54, 1.807) is 0 Å². The van der Waals surface area contributed by atoms with Crippen molar-refractivity contribution in [2.75, 3.05) is 26.2 Å². The number of hydrogen-bond acceptors (Lipinski definition) is 2. The van der Waals surface area contributed by atoms with E-state index in [9.17, 15) is 0 Å². The molecule has 1 heterocycles. The highest BCUT2D eigenvalue weighted by molar-refractivity contribution is 5.61. The molecule has 0 radical (unpaired) electrons. The van der Waals surface area contributed by atoms with Gasteiger partial charge in [-0.2, -0.15) is 0 Å². The zero-order chi connectivity index (χ0) is 15.2. The fourth-order valence-electron chi connectivity index (χ4n) is 3.29. The van der Waals surface area contributed by atoms with Gasteiger partial charge in [0.25, 0.3) is 0 Å². The van der Waals surface area contributed by atoms with Gasteiger partial charge >= 0.3 is 0 Å². The van der Waals surface area contributed by atoms with Crippen molar-refractivity contribution in [2.24, 2.45) is 11.8 Å². The topological polar surface area (TPSA) is 12.5 Å². The van der Waals surface area contributed by atoms with Crippen LogP contribution in [-0.2, 0) is 0 Å². The van der Waals surface area contributed by atoms with Crippen LogP contribution in [0.3, 0.4) is 0 Å². The van der Waals surface area contributed by atoms with Crippen LogP contribution in [0.4, 0.5) is 0 Å². The minimum Gasteiger partial charge on any atom is -0.494 e.